The van der Waals surface area contributed by atoms with Crippen LogP contribution in [0.4, 0.5) is 5.69 Å². The molecule has 0 spiro atoms. The first kappa shape index (κ1) is 17.8. The van der Waals surface area contributed by atoms with Crippen molar-refractivity contribution in [2.75, 3.05) is 19.1 Å². The number of thiocarbonyl (C=S) groups is 1. The van der Waals surface area contributed by atoms with Crippen LogP contribution in [0.25, 0.3) is 6.08 Å². The molecule has 1 saturated heterocycles. The molecule has 1 heterocycles. The number of benzene rings is 2. The van der Waals surface area contributed by atoms with Crippen LogP contribution in [0.2, 0.25) is 5.02 Å². The maximum absolute atomic E-state index is 12.8. The van der Waals surface area contributed by atoms with E-state index in [4.69, 9.17) is 33.3 Å². The second-order valence-electron chi connectivity index (χ2n) is 5.05. The Hall–Kier alpha value is -2.02. The van der Waals surface area contributed by atoms with Crippen LogP contribution in [0.3, 0.4) is 0 Å². The van der Waals surface area contributed by atoms with E-state index in [1.807, 2.05) is 18.2 Å². The number of hydrogen-bond acceptors (Lipinski definition) is 5. The molecule has 0 unspecified atom stereocenters. The van der Waals surface area contributed by atoms with Gasteiger partial charge in [-0.15, -0.1) is 0 Å². The molecule has 0 atom stereocenters. The van der Waals surface area contributed by atoms with Gasteiger partial charge in [-0.3, -0.25) is 9.69 Å². The van der Waals surface area contributed by atoms with E-state index >= 15 is 0 Å². The molecule has 25 heavy (non-hydrogen) atoms. The average Bonchev–Trinajstić information content (AvgIpc) is 2.89. The number of halogens is 1. The molecule has 2 aromatic rings. The van der Waals surface area contributed by atoms with Crippen molar-refractivity contribution in [1.29, 1.82) is 0 Å². The molecule has 7 heteroatoms. The van der Waals surface area contributed by atoms with E-state index in [0.717, 1.165) is 5.56 Å². The van der Waals surface area contributed by atoms with Crippen LogP contribution in [0.5, 0.6) is 11.5 Å². The van der Waals surface area contributed by atoms with Crippen molar-refractivity contribution in [3.63, 3.8) is 0 Å². The van der Waals surface area contributed by atoms with E-state index in [0.29, 0.717) is 31.4 Å². The van der Waals surface area contributed by atoms with Gasteiger partial charge in [-0.05, 0) is 24.3 Å². The summed E-state index contributed by atoms with van der Waals surface area (Å²) in [5.41, 5.74) is 1.31. The Bertz CT molecular complexity index is 882. The number of ether oxygens (including phenoxy) is 2. The Kier molecular flexibility index (Phi) is 5.32. The van der Waals surface area contributed by atoms with Gasteiger partial charge in [0.1, 0.15) is 0 Å². The highest BCUT2D eigenvalue weighted by atomic mass is 35.5. The number of rotatable bonds is 4. The molecule has 128 valence electrons. The first-order chi connectivity index (χ1) is 12.1. The van der Waals surface area contributed by atoms with Gasteiger partial charge in [-0.2, -0.15) is 0 Å². The third-order valence-corrected chi connectivity index (χ3v) is 5.23. The van der Waals surface area contributed by atoms with Gasteiger partial charge in [0, 0.05) is 5.56 Å². The number of nitrogens with zero attached hydrogens (tertiary/aromatic N) is 1. The quantitative estimate of drug-likeness (QED) is 0.554. The number of carbonyl (C=O) groups is 1. The van der Waals surface area contributed by atoms with Crippen molar-refractivity contribution in [2.24, 2.45) is 0 Å². The normalized spacial score (nSPS) is 15.8. The number of amides is 1. The number of para-hydroxylation sites is 2. The molecular weight excluding hydrogens is 378 g/mol. The summed E-state index contributed by atoms with van der Waals surface area (Å²) in [6.07, 6.45) is 1.75. The van der Waals surface area contributed by atoms with Gasteiger partial charge in [-0.25, -0.2) is 0 Å². The predicted molar refractivity (Wildman–Crippen MR) is 107 cm³/mol. The lowest BCUT2D eigenvalue weighted by Crippen LogP contribution is -2.27. The largest absolute Gasteiger partial charge is 0.493 e. The predicted octanol–water partition coefficient (Wildman–Crippen LogP) is 4.76. The van der Waals surface area contributed by atoms with E-state index in [-0.39, 0.29) is 5.91 Å². The molecule has 1 fully saturated rings. The zero-order chi connectivity index (χ0) is 18.0. The van der Waals surface area contributed by atoms with Gasteiger partial charge in [0.15, 0.2) is 15.8 Å². The molecule has 0 saturated carbocycles. The number of anilines is 1. The monoisotopic (exact) mass is 391 g/mol. The number of hydrogen-bond donors (Lipinski definition) is 0. The number of carbonyl (C=O) groups excluding carboxylic acids is 1. The SMILES string of the molecule is COc1cccc(/C=C2\SC(=S)N(c3ccccc3Cl)C2=O)c1OC. The average molecular weight is 392 g/mol. The summed E-state index contributed by atoms with van der Waals surface area (Å²) in [5.74, 6) is 0.943. The van der Waals surface area contributed by atoms with E-state index in [1.54, 1.807) is 44.6 Å². The lowest BCUT2D eigenvalue weighted by atomic mass is 10.1. The Morgan fingerprint density at radius 1 is 1.12 bits per heavy atom. The van der Waals surface area contributed by atoms with Crippen LogP contribution in [0, 0.1) is 0 Å². The van der Waals surface area contributed by atoms with Crippen molar-refractivity contribution in [3.8, 4) is 11.5 Å². The zero-order valence-electron chi connectivity index (χ0n) is 13.5. The molecular formula is C18H14ClNO3S2. The Morgan fingerprint density at radius 2 is 1.88 bits per heavy atom. The van der Waals surface area contributed by atoms with Crippen molar-refractivity contribution in [3.05, 3.63) is 58.0 Å². The van der Waals surface area contributed by atoms with E-state index in [9.17, 15) is 4.79 Å². The summed E-state index contributed by atoms with van der Waals surface area (Å²) < 4.78 is 11.1. The summed E-state index contributed by atoms with van der Waals surface area (Å²) in [6.45, 7) is 0. The van der Waals surface area contributed by atoms with Gasteiger partial charge in [0.25, 0.3) is 5.91 Å². The highest BCUT2D eigenvalue weighted by Crippen LogP contribution is 2.40. The van der Waals surface area contributed by atoms with Crippen molar-refractivity contribution in [2.45, 2.75) is 0 Å². The minimum absolute atomic E-state index is 0.215. The molecule has 1 amide bonds. The topological polar surface area (TPSA) is 38.8 Å². The van der Waals surface area contributed by atoms with Crippen LogP contribution in [-0.2, 0) is 4.79 Å². The minimum Gasteiger partial charge on any atom is -0.493 e. The van der Waals surface area contributed by atoms with Gasteiger partial charge >= 0.3 is 0 Å². The minimum atomic E-state index is -0.215. The van der Waals surface area contributed by atoms with Gasteiger partial charge in [-0.1, -0.05) is 59.8 Å². The smallest absolute Gasteiger partial charge is 0.270 e. The first-order valence-electron chi connectivity index (χ1n) is 7.30. The molecule has 4 nitrogen and oxygen atoms in total. The molecule has 2 aromatic carbocycles. The summed E-state index contributed by atoms with van der Waals surface area (Å²) in [4.78, 5) is 14.8. The fraction of sp³-hybridized carbons (Fsp3) is 0.111. The zero-order valence-corrected chi connectivity index (χ0v) is 15.9. The molecule has 1 aliphatic rings. The number of thioether (sulfide) groups is 1. The van der Waals surface area contributed by atoms with Gasteiger partial charge in [0.05, 0.1) is 29.8 Å². The van der Waals surface area contributed by atoms with Gasteiger partial charge < -0.3 is 9.47 Å². The number of methoxy groups -OCH3 is 2. The Labute approximate surface area is 160 Å². The van der Waals surface area contributed by atoms with Crippen LogP contribution in [0.15, 0.2) is 47.4 Å². The van der Waals surface area contributed by atoms with Crippen LogP contribution in [-0.4, -0.2) is 24.4 Å². The summed E-state index contributed by atoms with van der Waals surface area (Å²) >= 11 is 12.8. The fourth-order valence-corrected chi connectivity index (χ4v) is 3.97. The summed E-state index contributed by atoms with van der Waals surface area (Å²) in [7, 11) is 3.13. The van der Waals surface area contributed by atoms with E-state index < -0.39 is 0 Å². The molecule has 0 bridgehead atoms. The van der Waals surface area contributed by atoms with Crippen molar-refractivity contribution in [1.82, 2.24) is 0 Å². The summed E-state index contributed by atoms with van der Waals surface area (Å²) in [6, 6.07) is 12.6. The first-order valence-corrected chi connectivity index (χ1v) is 8.90. The van der Waals surface area contributed by atoms with Crippen molar-refractivity contribution >= 4 is 57.6 Å². The molecule has 3 rings (SSSR count). The second kappa shape index (κ2) is 7.47. The summed E-state index contributed by atoms with van der Waals surface area (Å²) in [5, 5.41) is 0.471. The van der Waals surface area contributed by atoms with Crippen LogP contribution >= 0.6 is 35.6 Å². The Balaban J connectivity index is 2.01. The highest BCUT2D eigenvalue weighted by Gasteiger charge is 2.34. The Morgan fingerprint density at radius 3 is 2.56 bits per heavy atom. The van der Waals surface area contributed by atoms with E-state index in [2.05, 4.69) is 0 Å². The lowest BCUT2D eigenvalue weighted by Gasteiger charge is -2.15. The molecule has 0 radical (unpaired) electrons. The maximum atomic E-state index is 12.8. The highest BCUT2D eigenvalue weighted by molar-refractivity contribution is 8.27. The molecule has 0 aliphatic carbocycles. The third-order valence-electron chi connectivity index (χ3n) is 3.61. The lowest BCUT2D eigenvalue weighted by molar-refractivity contribution is -0.113. The van der Waals surface area contributed by atoms with E-state index in [1.165, 1.54) is 16.7 Å². The van der Waals surface area contributed by atoms with Crippen LogP contribution < -0.4 is 14.4 Å². The molecule has 1 aliphatic heterocycles. The second-order valence-corrected chi connectivity index (χ2v) is 7.13. The molecule has 0 aromatic heterocycles. The van der Waals surface area contributed by atoms with Gasteiger partial charge in [0.2, 0.25) is 0 Å². The maximum Gasteiger partial charge on any atom is 0.270 e. The van der Waals surface area contributed by atoms with Crippen LogP contribution in [0.1, 0.15) is 5.56 Å². The molecule has 0 N–H and O–H groups in total. The van der Waals surface area contributed by atoms with Crippen molar-refractivity contribution < 1.29 is 14.3 Å². The fourth-order valence-electron chi connectivity index (χ4n) is 2.48. The third kappa shape index (κ3) is 3.38. The standard InChI is InChI=1S/C18H14ClNO3S2/c1-22-14-9-5-6-11(16(14)23-2)10-15-17(21)20(18(24)25-15)13-8-4-3-7-12(13)19/h3-10H,1-2H3/b15-10-.